The molecule has 1 atom stereocenters. The highest BCUT2D eigenvalue weighted by Crippen LogP contribution is 2.29. The maximum Gasteiger partial charge on any atom is 0.490 e. The van der Waals surface area contributed by atoms with Gasteiger partial charge in [0.25, 0.3) is 10.2 Å². The number of aryl methyl sites for hydroxylation is 1. The van der Waals surface area contributed by atoms with Crippen molar-refractivity contribution >= 4 is 16.2 Å². The van der Waals surface area contributed by atoms with Crippen LogP contribution in [0.15, 0.2) is 6.33 Å². The van der Waals surface area contributed by atoms with Gasteiger partial charge >= 0.3 is 12.1 Å². The van der Waals surface area contributed by atoms with Gasteiger partial charge in [0.05, 0.1) is 25.2 Å². The first kappa shape index (κ1) is 23.3. The SMILES string of the molecule is CCOCC1CN(S(=O)(=O)N(C)C)Cc2ncn(C)c21.O=C(O)C(F)(F)F. The van der Waals surface area contributed by atoms with Gasteiger partial charge in [0.1, 0.15) is 0 Å². The quantitative estimate of drug-likeness (QED) is 0.761. The largest absolute Gasteiger partial charge is 0.490 e. The molecular formula is C14H23F3N4O5S. The molecule has 2 rings (SSSR count). The van der Waals surface area contributed by atoms with Crippen LogP contribution in [-0.2, 0) is 33.3 Å². The lowest BCUT2D eigenvalue weighted by atomic mass is 10.0. The van der Waals surface area contributed by atoms with Crippen LogP contribution in [-0.4, -0.2) is 77.7 Å². The third-order valence-electron chi connectivity index (χ3n) is 3.75. The van der Waals surface area contributed by atoms with Gasteiger partial charge in [-0.15, -0.1) is 0 Å². The van der Waals surface area contributed by atoms with Crippen LogP contribution in [0, 0.1) is 0 Å². The lowest BCUT2D eigenvalue weighted by Crippen LogP contribution is -2.45. The van der Waals surface area contributed by atoms with E-state index in [1.807, 2.05) is 18.5 Å². The van der Waals surface area contributed by atoms with Crippen molar-refractivity contribution in [1.82, 2.24) is 18.2 Å². The fourth-order valence-electron chi connectivity index (χ4n) is 2.50. The Morgan fingerprint density at radius 2 is 2.00 bits per heavy atom. The first-order chi connectivity index (χ1) is 12.3. The highest BCUT2D eigenvalue weighted by molar-refractivity contribution is 7.86. The molecule has 0 aromatic carbocycles. The van der Waals surface area contributed by atoms with E-state index in [1.54, 1.807) is 20.4 Å². The average molecular weight is 416 g/mol. The molecule has 156 valence electrons. The summed E-state index contributed by atoms with van der Waals surface area (Å²) in [7, 11) is 1.59. The molecule has 27 heavy (non-hydrogen) atoms. The molecule has 0 radical (unpaired) electrons. The molecule has 1 aliphatic heterocycles. The summed E-state index contributed by atoms with van der Waals surface area (Å²) in [5, 5.41) is 7.12. The number of aliphatic carboxylic acids is 1. The molecule has 2 heterocycles. The number of fused-ring (bicyclic) bond motifs is 1. The highest BCUT2D eigenvalue weighted by Gasteiger charge is 2.38. The number of carboxylic acids is 1. The molecule has 1 N–H and O–H groups in total. The van der Waals surface area contributed by atoms with Gasteiger partial charge in [-0.1, -0.05) is 0 Å². The van der Waals surface area contributed by atoms with Crippen molar-refractivity contribution in [3.63, 3.8) is 0 Å². The van der Waals surface area contributed by atoms with Gasteiger partial charge in [-0.25, -0.2) is 9.78 Å². The van der Waals surface area contributed by atoms with Crippen LogP contribution in [0.5, 0.6) is 0 Å². The summed E-state index contributed by atoms with van der Waals surface area (Å²) in [6.45, 7) is 3.79. The zero-order valence-electron chi connectivity index (χ0n) is 15.4. The summed E-state index contributed by atoms with van der Waals surface area (Å²) in [5.74, 6) is -2.74. The minimum absolute atomic E-state index is 0.0147. The smallest absolute Gasteiger partial charge is 0.475 e. The predicted molar refractivity (Wildman–Crippen MR) is 89.1 cm³/mol. The Bertz CT molecular complexity index is 748. The van der Waals surface area contributed by atoms with E-state index in [4.69, 9.17) is 14.6 Å². The second-order valence-electron chi connectivity index (χ2n) is 5.93. The van der Waals surface area contributed by atoms with Crippen LogP contribution in [0.25, 0.3) is 0 Å². The van der Waals surface area contributed by atoms with Gasteiger partial charge in [0.2, 0.25) is 0 Å². The molecule has 0 bridgehead atoms. The number of hydrogen-bond acceptors (Lipinski definition) is 5. The van der Waals surface area contributed by atoms with Crippen LogP contribution < -0.4 is 0 Å². The van der Waals surface area contributed by atoms with Crippen molar-refractivity contribution in [3.05, 3.63) is 17.7 Å². The number of aromatic nitrogens is 2. The predicted octanol–water partition coefficient (Wildman–Crippen LogP) is 0.796. The van der Waals surface area contributed by atoms with E-state index >= 15 is 0 Å². The van der Waals surface area contributed by atoms with Gasteiger partial charge < -0.3 is 14.4 Å². The van der Waals surface area contributed by atoms with E-state index in [0.717, 1.165) is 11.4 Å². The standard InChI is InChI=1S/C12H22N4O3S.C2HF3O2/c1-5-19-8-10-6-16(20(17,18)14(2)3)7-11-12(10)15(4)9-13-11;3-2(4,5)1(6)7/h9-10H,5-8H2,1-4H3;(H,6,7). The second kappa shape index (κ2) is 8.99. The zero-order valence-corrected chi connectivity index (χ0v) is 16.2. The summed E-state index contributed by atoms with van der Waals surface area (Å²) in [5.41, 5.74) is 1.89. The number of halogens is 3. The number of carbonyl (C=O) groups is 1. The van der Waals surface area contributed by atoms with Crippen LogP contribution in [0.3, 0.4) is 0 Å². The third-order valence-corrected chi connectivity index (χ3v) is 5.61. The number of nitrogens with zero attached hydrogens (tertiary/aromatic N) is 4. The summed E-state index contributed by atoms with van der Waals surface area (Å²) in [6, 6.07) is 0. The van der Waals surface area contributed by atoms with Crippen LogP contribution >= 0.6 is 0 Å². The Morgan fingerprint density at radius 3 is 2.44 bits per heavy atom. The second-order valence-corrected chi connectivity index (χ2v) is 8.07. The minimum atomic E-state index is -5.08. The number of imidazole rings is 1. The van der Waals surface area contributed by atoms with Crippen LogP contribution in [0.1, 0.15) is 24.2 Å². The van der Waals surface area contributed by atoms with Crippen LogP contribution in [0.4, 0.5) is 13.2 Å². The molecule has 0 aliphatic carbocycles. The number of rotatable bonds is 5. The first-order valence-electron chi connectivity index (χ1n) is 7.87. The van der Waals surface area contributed by atoms with Crippen molar-refractivity contribution in [2.45, 2.75) is 25.6 Å². The number of ether oxygens (including phenoxy) is 1. The van der Waals surface area contributed by atoms with Gasteiger partial charge in [0, 0.05) is 45.9 Å². The Balaban J connectivity index is 0.000000445. The van der Waals surface area contributed by atoms with Crippen molar-refractivity contribution in [3.8, 4) is 0 Å². The fraction of sp³-hybridized carbons (Fsp3) is 0.714. The Labute approximate surface area is 155 Å². The zero-order chi connectivity index (χ0) is 21.0. The molecule has 1 aliphatic rings. The van der Waals surface area contributed by atoms with Crippen LogP contribution in [0.2, 0.25) is 0 Å². The maximum absolute atomic E-state index is 12.3. The molecule has 1 aromatic rings. The number of alkyl halides is 3. The molecule has 13 heteroatoms. The Morgan fingerprint density at radius 1 is 1.44 bits per heavy atom. The number of hydrogen-bond donors (Lipinski definition) is 1. The molecule has 1 aromatic heterocycles. The topological polar surface area (TPSA) is 105 Å². The molecule has 0 amide bonds. The lowest BCUT2D eigenvalue weighted by Gasteiger charge is -2.33. The number of carboxylic acid groups (broad SMARTS) is 1. The van der Waals surface area contributed by atoms with Crippen molar-refractivity contribution in [2.24, 2.45) is 7.05 Å². The van der Waals surface area contributed by atoms with E-state index in [0.29, 0.717) is 26.3 Å². The summed E-state index contributed by atoms with van der Waals surface area (Å²) >= 11 is 0. The minimum Gasteiger partial charge on any atom is -0.475 e. The molecule has 0 saturated carbocycles. The van der Waals surface area contributed by atoms with Gasteiger partial charge in [-0.05, 0) is 6.92 Å². The van der Waals surface area contributed by atoms with Gasteiger partial charge in [0.15, 0.2) is 0 Å². The molecule has 9 nitrogen and oxygen atoms in total. The van der Waals surface area contributed by atoms with Gasteiger partial charge in [-0.2, -0.15) is 30.2 Å². The average Bonchev–Trinajstić information content (AvgIpc) is 2.93. The van der Waals surface area contributed by atoms with Crippen molar-refractivity contribution in [1.29, 1.82) is 0 Å². The van der Waals surface area contributed by atoms with E-state index in [-0.39, 0.29) is 5.92 Å². The van der Waals surface area contributed by atoms with Gasteiger partial charge in [-0.3, -0.25) is 0 Å². The summed E-state index contributed by atoms with van der Waals surface area (Å²) in [6.07, 6.45) is -3.35. The molecular weight excluding hydrogens is 393 g/mol. The summed E-state index contributed by atoms with van der Waals surface area (Å²) < 4.78 is 66.5. The third kappa shape index (κ3) is 5.89. The molecule has 0 fully saturated rings. The fourth-order valence-corrected chi connectivity index (χ4v) is 3.61. The van der Waals surface area contributed by atoms with E-state index in [9.17, 15) is 21.6 Å². The van der Waals surface area contributed by atoms with E-state index in [1.165, 1.54) is 8.61 Å². The monoisotopic (exact) mass is 416 g/mol. The molecule has 0 spiro atoms. The Hall–Kier alpha value is -1.70. The lowest BCUT2D eigenvalue weighted by molar-refractivity contribution is -0.192. The maximum atomic E-state index is 12.3. The van der Waals surface area contributed by atoms with Crippen molar-refractivity contribution in [2.75, 3.05) is 33.9 Å². The first-order valence-corrected chi connectivity index (χ1v) is 9.27. The molecule has 1 unspecified atom stereocenters. The summed E-state index contributed by atoms with van der Waals surface area (Å²) in [4.78, 5) is 13.2. The molecule has 0 saturated heterocycles. The highest BCUT2D eigenvalue weighted by atomic mass is 32.2. The Kier molecular flexibility index (Phi) is 7.77. The van der Waals surface area contributed by atoms with E-state index < -0.39 is 22.4 Å². The van der Waals surface area contributed by atoms with E-state index in [2.05, 4.69) is 4.98 Å². The van der Waals surface area contributed by atoms with Crippen molar-refractivity contribution < 1.29 is 36.2 Å². The normalized spacial score (nSPS) is 18.0.